The van der Waals surface area contributed by atoms with Gasteiger partial charge < -0.3 is 9.80 Å². The first kappa shape index (κ1) is 15.9. The first-order valence-corrected chi connectivity index (χ1v) is 8.64. The van der Waals surface area contributed by atoms with Crippen molar-refractivity contribution in [3.8, 4) is 0 Å². The highest BCUT2D eigenvalue weighted by Crippen LogP contribution is 2.38. The van der Waals surface area contributed by atoms with Crippen LogP contribution in [0.5, 0.6) is 0 Å². The summed E-state index contributed by atoms with van der Waals surface area (Å²) in [6.45, 7) is 1.31. The fourth-order valence-electron chi connectivity index (χ4n) is 4.07. The highest BCUT2D eigenvalue weighted by molar-refractivity contribution is 5.85. The number of amides is 2. The molecule has 0 spiro atoms. The van der Waals surface area contributed by atoms with E-state index in [0.29, 0.717) is 25.9 Å². The number of aromatic nitrogens is 2. The van der Waals surface area contributed by atoms with Gasteiger partial charge in [-0.1, -0.05) is 24.3 Å². The number of hydrogen-bond acceptors (Lipinski definition) is 3. The molecule has 0 radical (unpaired) electrons. The minimum absolute atomic E-state index is 0.0858. The van der Waals surface area contributed by atoms with E-state index in [-0.39, 0.29) is 23.8 Å². The smallest absolute Gasteiger partial charge is 0.228 e. The largest absolute Gasteiger partial charge is 0.338 e. The van der Waals surface area contributed by atoms with E-state index >= 15 is 0 Å². The Hall–Kier alpha value is -2.63. The summed E-state index contributed by atoms with van der Waals surface area (Å²) in [6.07, 6.45) is 4.68. The molecule has 1 saturated heterocycles. The molecular weight excluding hydrogens is 316 g/mol. The van der Waals surface area contributed by atoms with Crippen LogP contribution in [0.1, 0.15) is 35.6 Å². The van der Waals surface area contributed by atoms with Crippen LogP contribution in [-0.4, -0.2) is 38.4 Å². The third kappa shape index (κ3) is 2.71. The number of likely N-dealkylation sites (tertiary alicyclic amines) is 1. The molecule has 3 heterocycles. The summed E-state index contributed by atoms with van der Waals surface area (Å²) in [6, 6.07) is 7.94. The highest BCUT2D eigenvalue weighted by atomic mass is 16.2. The number of rotatable bonds is 2. The molecule has 6 heteroatoms. The van der Waals surface area contributed by atoms with Crippen LogP contribution in [0.2, 0.25) is 0 Å². The van der Waals surface area contributed by atoms with Gasteiger partial charge in [0.2, 0.25) is 11.8 Å². The number of piperidine rings is 1. The van der Waals surface area contributed by atoms with Crippen LogP contribution in [0.3, 0.4) is 0 Å². The predicted octanol–water partition coefficient (Wildman–Crippen LogP) is 1.87. The fraction of sp³-hybridized carbons (Fsp3) is 0.421. The van der Waals surface area contributed by atoms with Gasteiger partial charge in [0.05, 0.1) is 18.2 Å². The van der Waals surface area contributed by atoms with Crippen LogP contribution >= 0.6 is 0 Å². The van der Waals surface area contributed by atoms with Crippen LogP contribution in [0, 0.1) is 5.92 Å². The summed E-state index contributed by atoms with van der Waals surface area (Å²) in [7, 11) is 3.64. The molecule has 2 aliphatic rings. The normalized spacial score (nSPS) is 23.0. The van der Waals surface area contributed by atoms with Crippen LogP contribution in [0.25, 0.3) is 0 Å². The maximum atomic E-state index is 13.3. The number of benzene rings is 1. The van der Waals surface area contributed by atoms with Crippen molar-refractivity contribution < 1.29 is 9.59 Å². The summed E-state index contributed by atoms with van der Waals surface area (Å²) in [5.41, 5.74) is 3.36. The monoisotopic (exact) mass is 338 g/mol. The van der Waals surface area contributed by atoms with Crippen LogP contribution in [0.15, 0.2) is 36.7 Å². The predicted molar refractivity (Wildman–Crippen MR) is 92.1 cm³/mol. The maximum absolute atomic E-state index is 13.3. The lowest BCUT2D eigenvalue weighted by atomic mass is 9.84. The van der Waals surface area contributed by atoms with Gasteiger partial charge in [-0.3, -0.25) is 14.3 Å². The quantitative estimate of drug-likeness (QED) is 0.840. The van der Waals surface area contributed by atoms with Crippen molar-refractivity contribution >= 4 is 11.8 Å². The average Bonchev–Trinajstić information content (AvgIpc) is 3.22. The molecule has 6 nitrogen and oxygen atoms in total. The van der Waals surface area contributed by atoms with Gasteiger partial charge in [-0.05, 0) is 17.5 Å². The van der Waals surface area contributed by atoms with Gasteiger partial charge in [-0.25, -0.2) is 0 Å². The molecule has 0 unspecified atom stereocenters. The molecule has 0 aliphatic carbocycles. The molecule has 1 fully saturated rings. The molecule has 1 aromatic carbocycles. The standard InChI is InChI=1S/C19H22N4O2/c1-21-10-15(9-20-21)18-16(7-8-17(24)22(18)2)19(25)23-11-13-5-3-4-6-14(13)12-23/h3-6,9-10,16,18H,7-8,11-12H2,1-2H3/t16-,18+/m0/s1. The van der Waals surface area contributed by atoms with Gasteiger partial charge >= 0.3 is 0 Å². The summed E-state index contributed by atoms with van der Waals surface area (Å²) in [4.78, 5) is 29.1. The minimum Gasteiger partial charge on any atom is -0.338 e. The van der Waals surface area contributed by atoms with E-state index in [1.807, 2.05) is 30.3 Å². The molecule has 25 heavy (non-hydrogen) atoms. The molecule has 0 saturated carbocycles. The number of aryl methyl sites for hydroxylation is 1. The molecule has 4 rings (SSSR count). The van der Waals surface area contributed by atoms with E-state index in [1.54, 1.807) is 22.8 Å². The summed E-state index contributed by atoms with van der Waals surface area (Å²) < 4.78 is 1.72. The summed E-state index contributed by atoms with van der Waals surface area (Å²) >= 11 is 0. The van der Waals surface area contributed by atoms with Crippen LogP contribution in [0.4, 0.5) is 0 Å². The van der Waals surface area contributed by atoms with Crippen LogP contribution < -0.4 is 0 Å². The third-order valence-corrected chi connectivity index (χ3v) is 5.40. The number of carbonyl (C=O) groups excluding carboxylic acids is 2. The number of carbonyl (C=O) groups is 2. The molecule has 2 aliphatic heterocycles. The fourth-order valence-corrected chi connectivity index (χ4v) is 4.07. The van der Waals surface area contributed by atoms with Crippen molar-refractivity contribution in [2.24, 2.45) is 13.0 Å². The minimum atomic E-state index is -0.244. The van der Waals surface area contributed by atoms with E-state index in [2.05, 4.69) is 17.2 Å². The Bertz CT molecular complexity index is 803. The van der Waals surface area contributed by atoms with Gasteiger partial charge in [-0.15, -0.1) is 0 Å². The second-order valence-electron chi connectivity index (χ2n) is 7.00. The van der Waals surface area contributed by atoms with Crippen molar-refractivity contribution in [1.29, 1.82) is 0 Å². The van der Waals surface area contributed by atoms with E-state index < -0.39 is 0 Å². The zero-order chi connectivity index (χ0) is 17.6. The molecule has 2 atom stereocenters. The first-order valence-electron chi connectivity index (χ1n) is 8.64. The Kier molecular flexibility index (Phi) is 3.82. The third-order valence-electron chi connectivity index (χ3n) is 5.40. The molecule has 1 aromatic heterocycles. The highest BCUT2D eigenvalue weighted by Gasteiger charge is 2.42. The number of fused-ring (bicyclic) bond motifs is 1. The lowest BCUT2D eigenvalue weighted by Gasteiger charge is -2.39. The van der Waals surface area contributed by atoms with Crippen molar-refractivity contribution in [2.75, 3.05) is 7.05 Å². The van der Waals surface area contributed by atoms with Gasteiger partial charge in [0.15, 0.2) is 0 Å². The summed E-state index contributed by atoms with van der Waals surface area (Å²) in [5.74, 6) is -0.00627. The number of hydrogen-bond donors (Lipinski definition) is 0. The molecule has 0 bridgehead atoms. The molecular formula is C19H22N4O2. The second-order valence-corrected chi connectivity index (χ2v) is 7.00. The lowest BCUT2D eigenvalue weighted by Crippen LogP contribution is -2.46. The Balaban J connectivity index is 1.61. The molecule has 2 aromatic rings. The van der Waals surface area contributed by atoms with E-state index in [0.717, 1.165) is 5.56 Å². The Morgan fingerprint density at radius 1 is 1.16 bits per heavy atom. The van der Waals surface area contributed by atoms with Gasteiger partial charge in [0.25, 0.3) is 0 Å². The van der Waals surface area contributed by atoms with Gasteiger partial charge in [-0.2, -0.15) is 5.10 Å². The van der Waals surface area contributed by atoms with Crippen molar-refractivity contribution in [1.82, 2.24) is 19.6 Å². The average molecular weight is 338 g/mol. The zero-order valence-electron chi connectivity index (χ0n) is 14.6. The number of nitrogens with zero attached hydrogens (tertiary/aromatic N) is 4. The summed E-state index contributed by atoms with van der Waals surface area (Å²) in [5, 5.41) is 4.23. The Morgan fingerprint density at radius 3 is 2.44 bits per heavy atom. The van der Waals surface area contributed by atoms with Crippen molar-refractivity contribution in [2.45, 2.75) is 32.0 Å². The SMILES string of the molecule is CN1C(=O)CC[C@H](C(=O)N2Cc3ccccc3C2)[C@H]1c1cnn(C)c1. The van der Waals surface area contributed by atoms with Crippen molar-refractivity contribution in [3.05, 3.63) is 53.3 Å². The Morgan fingerprint density at radius 2 is 1.84 bits per heavy atom. The maximum Gasteiger partial charge on any atom is 0.228 e. The lowest BCUT2D eigenvalue weighted by molar-refractivity contribution is -0.147. The van der Waals surface area contributed by atoms with Crippen LogP contribution in [-0.2, 0) is 29.7 Å². The molecule has 130 valence electrons. The Labute approximate surface area is 147 Å². The zero-order valence-corrected chi connectivity index (χ0v) is 14.6. The van der Waals surface area contributed by atoms with E-state index in [4.69, 9.17) is 0 Å². The topological polar surface area (TPSA) is 58.4 Å². The molecule has 0 N–H and O–H groups in total. The van der Waals surface area contributed by atoms with Gasteiger partial charge in [0, 0.05) is 45.4 Å². The molecule has 2 amide bonds. The van der Waals surface area contributed by atoms with E-state index in [1.165, 1.54) is 11.1 Å². The van der Waals surface area contributed by atoms with E-state index in [9.17, 15) is 9.59 Å². The second kappa shape index (κ2) is 6.02. The van der Waals surface area contributed by atoms with Crippen molar-refractivity contribution in [3.63, 3.8) is 0 Å². The van der Waals surface area contributed by atoms with Gasteiger partial charge in [0.1, 0.15) is 0 Å². The first-order chi connectivity index (χ1) is 12.0.